The molecule has 0 bridgehead atoms. The quantitative estimate of drug-likeness (QED) is 0.404. The Hall–Kier alpha value is -3.43. The van der Waals surface area contributed by atoms with E-state index in [-0.39, 0.29) is 23.2 Å². The Balaban J connectivity index is 1.69. The fourth-order valence-corrected chi connectivity index (χ4v) is 5.05. The normalized spacial score (nSPS) is 17.0. The largest absolute Gasteiger partial charge is 0.493 e. The number of benzene rings is 3. The molecule has 0 saturated carbocycles. The van der Waals surface area contributed by atoms with Crippen molar-refractivity contribution in [3.8, 4) is 11.5 Å². The van der Waals surface area contributed by atoms with Crippen LogP contribution in [0.4, 0.5) is 13.6 Å². The molecule has 3 atom stereocenters. The Morgan fingerprint density at radius 1 is 0.917 bits per heavy atom. The Morgan fingerprint density at radius 2 is 1.64 bits per heavy atom. The first-order valence-electron chi connectivity index (χ1n) is 11.3. The zero-order valence-corrected chi connectivity index (χ0v) is 20.8. The lowest BCUT2D eigenvalue weighted by Gasteiger charge is -2.26. The molecule has 36 heavy (non-hydrogen) atoms. The average Bonchev–Trinajstić information content (AvgIpc) is 3.19. The lowest BCUT2D eigenvalue weighted by molar-refractivity contribution is -0.118. The molecule has 1 aliphatic rings. The van der Waals surface area contributed by atoms with E-state index in [9.17, 15) is 18.4 Å². The van der Waals surface area contributed by atoms with Crippen molar-refractivity contribution < 1.29 is 27.8 Å². The van der Waals surface area contributed by atoms with Crippen LogP contribution in [0.5, 0.6) is 11.5 Å². The van der Waals surface area contributed by atoms with Crippen LogP contribution < -0.4 is 20.1 Å². The van der Waals surface area contributed by atoms with Crippen molar-refractivity contribution in [2.24, 2.45) is 0 Å². The van der Waals surface area contributed by atoms with E-state index in [0.717, 1.165) is 34.5 Å². The monoisotopic (exact) mass is 512 g/mol. The zero-order chi connectivity index (χ0) is 25.8. The van der Waals surface area contributed by atoms with Crippen molar-refractivity contribution in [3.05, 3.63) is 94.6 Å². The highest BCUT2D eigenvalue weighted by molar-refractivity contribution is 8.15. The molecule has 2 N–H and O–H groups in total. The third kappa shape index (κ3) is 5.68. The summed E-state index contributed by atoms with van der Waals surface area (Å²) in [6, 6.07) is 16.4. The summed E-state index contributed by atoms with van der Waals surface area (Å²) >= 11 is 0.987. The molecule has 0 aliphatic carbocycles. The molecule has 0 aromatic heterocycles. The number of imide groups is 1. The van der Waals surface area contributed by atoms with Crippen molar-refractivity contribution in [1.29, 1.82) is 0 Å². The van der Waals surface area contributed by atoms with Crippen molar-refractivity contribution >= 4 is 22.9 Å². The third-order valence-corrected chi connectivity index (χ3v) is 7.06. The fourth-order valence-electron chi connectivity index (χ4n) is 4.19. The third-order valence-electron chi connectivity index (χ3n) is 6.07. The summed E-state index contributed by atoms with van der Waals surface area (Å²) in [5, 5.41) is 5.00. The number of carbonyl (C=O) groups is 2. The lowest BCUT2D eigenvalue weighted by atomic mass is 9.94. The molecule has 0 radical (unpaired) electrons. The molecule has 0 spiro atoms. The first kappa shape index (κ1) is 25.7. The van der Waals surface area contributed by atoms with Crippen molar-refractivity contribution in [3.63, 3.8) is 0 Å². The number of methoxy groups -OCH3 is 2. The Bertz CT molecular complexity index is 1290. The number of ether oxygens (including phenoxy) is 2. The van der Waals surface area contributed by atoms with Crippen LogP contribution in [-0.4, -0.2) is 30.6 Å². The van der Waals surface area contributed by atoms with Crippen LogP contribution in [0.25, 0.3) is 0 Å². The summed E-state index contributed by atoms with van der Waals surface area (Å²) in [4.78, 5) is 23.6. The van der Waals surface area contributed by atoms with Gasteiger partial charge in [-0.05, 0) is 59.9 Å². The van der Waals surface area contributed by atoms with E-state index >= 15 is 0 Å². The molecular formula is C27H26F2N2O4S. The summed E-state index contributed by atoms with van der Waals surface area (Å²) in [6.07, 6.45) is 0.396. The van der Waals surface area contributed by atoms with Gasteiger partial charge in [0.25, 0.3) is 5.24 Å². The summed E-state index contributed by atoms with van der Waals surface area (Å²) in [7, 11) is 3.12. The predicted molar refractivity (Wildman–Crippen MR) is 134 cm³/mol. The van der Waals surface area contributed by atoms with E-state index in [2.05, 4.69) is 10.6 Å². The number of nitrogens with one attached hydrogen (secondary N) is 2. The highest BCUT2D eigenvalue weighted by Crippen LogP contribution is 2.34. The van der Waals surface area contributed by atoms with Gasteiger partial charge in [0, 0.05) is 6.04 Å². The van der Waals surface area contributed by atoms with E-state index in [0.29, 0.717) is 23.5 Å². The molecule has 6 nitrogen and oxygen atoms in total. The van der Waals surface area contributed by atoms with Crippen molar-refractivity contribution in [1.82, 2.24) is 10.6 Å². The Morgan fingerprint density at radius 3 is 2.31 bits per heavy atom. The number of amides is 2. The minimum absolute atomic E-state index is 0.295. The molecule has 3 unspecified atom stereocenters. The minimum atomic E-state index is -0.910. The molecule has 1 saturated heterocycles. The highest BCUT2D eigenvalue weighted by atomic mass is 32.2. The maximum atomic E-state index is 13.9. The smallest absolute Gasteiger partial charge is 0.286 e. The van der Waals surface area contributed by atoms with Gasteiger partial charge in [-0.25, -0.2) is 8.78 Å². The molecule has 4 rings (SSSR count). The lowest BCUT2D eigenvalue weighted by Crippen LogP contribution is -2.27. The van der Waals surface area contributed by atoms with E-state index in [1.54, 1.807) is 26.4 Å². The first-order valence-corrected chi connectivity index (χ1v) is 12.2. The second-order valence-corrected chi connectivity index (χ2v) is 9.62. The Kier molecular flexibility index (Phi) is 7.91. The molecular weight excluding hydrogens is 486 g/mol. The summed E-state index contributed by atoms with van der Waals surface area (Å²) in [6.45, 7) is 1.87. The molecule has 1 fully saturated rings. The summed E-state index contributed by atoms with van der Waals surface area (Å²) < 4.78 is 38.3. The van der Waals surface area contributed by atoms with Crippen LogP contribution in [-0.2, 0) is 11.2 Å². The van der Waals surface area contributed by atoms with E-state index < -0.39 is 16.9 Å². The molecule has 3 aromatic carbocycles. The molecule has 3 aromatic rings. The van der Waals surface area contributed by atoms with E-state index in [1.807, 2.05) is 43.3 Å². The minimum Gasteiger partial charge on any atom is -0.493 e. The van der Waals surface area contributed by atoms with Gasteiger partial charge in [-0.3, -0.25) is 20.2 Å². The topological polar surface area (TPSA) is 76.7 Å². The van der Waals surface area contributed by atoms with Gasteiger partial charge in [0.2, 0.25) is 5.91 Å². The molecule has 1 heterocycles. The number of rotatable bonds is 9. The number of hydrogen-bond donors (Lipinski definition) is 2. The summed E-state index contributed by atoms with van der Waals surface area (Å²) in [5.74, 6) is -0.973. The SMILES string of the molecule is COc1ccc(C(NC(C)c2ccc(F)c(F)c2)c2cccc(CC3SC(=O)NC3=O)c2)cc1OC. The first-order chi connectivity index (χ1) is 17.3. The van der Waals surface area contributed by atoms with Gasteiger partial charge in [0.05, 0.1) is 25.5 Å². The standard InChI is InChI=1S/C27H26F2N2O4S/c1-15(17-7-9-20(28)21(29)13-17)30-25(19-8-10-22(34-2)23(14-19)35-3)18-6-4-5-16(11-18)12-24-26(32)31-27(33)36-24/h4-11,13-15,24-25,30H,12H2,1-3H3,(H,31,32,33). The predicted octanol–water partition coefficient (Wildman–Crippen LogP) is 5.32. The van der Waals surface area contributed by atoms with Gasteiger partial charge >= 0.3 is 0 Å². The number of carbonyl (C=O) groups excluding carboxylic acids is 2. The van der Waals surface area contributed by atoms with Crippen molar-refractivity contribution in [2.45, 2.75) is 30.7 Å². The number of thioether (sulfide) groups is 1. The van der Waals surface area contributed by atoms with E-state index in [4.69, 9.17) is 9.47 Å². The van der Waals surface area contributed by atoms with Crippen LogP contribution in [0.1, 0.15) is 41.3 Å². The maximum absolute atomic E-state index is 13.9. The van der Waals surface area contributed by atoms with E-state index in [1.165, 1.54) is 6.07 Å². The van der Waals surface area contributed by atoms with Gasteiger partial charge in [-0.1, -0.05) is 48.2 Å². The summed E-state index contributed by atoms with van der Waals surface area (Å²) in [5.41, 5.74) is 3.24. The average molecular weight is 513 g/mol. The Labute approximate surface area is 212 Å². The number of hydrogen-bond acceptors (Lipinski definition) is 6. The van der Waals surface area contributed by atoms with Crippen molar-refractivity contribution in [2.75, 3.05) is 14.2 Å². The highest BCUT2D eigenvalue weighted by Gasteiger charge is 2.31. The van der Waals surface area contributed by atoms with Gasteiger partial charge in [0.15, 0.2) is 23.1 Å². The van der Waals surface area contributed by atoms with Gasteiger partial charge in [-0.2, -0.15) is 0 Å². The molecule has 2 amide bonds. The van der Waals surface area contributed by atoms with Gasteiger partial charge < -0.3 is 9.47 Å². The maximum Gasteiger partial charge on any atom is 0.286 e. The second kappa shape index (κ2) is 11.1. The van der Waals surface area contributed by atoms with Crippen LogP contribution >= 0.6 is 11.8 Å². The molecule has 188 valence electrons. The van der Waals surface area contributed by atoms with Gasteiger partial charge in [0.1, 0.15) is 0 Å². The van der Waals surface area contributed by atoms with Crippen LogP contribution in [0.2, 0.25) is 0 Å². The van der Waals surface area contributed by atoms with Crippen LogP contribution in [0.15, 0.2) is 60.7 Å². The number of halogens is 2. The molecule has 1 aliphatic heterocycles. The molecule has 9 heteroatoms. The van der Waals surface area contributed by atoms with Crippen LogP contribution in [0.3, 0.4) is 0 Å². The fraction of sp³-hybridized carbons (Fsp3) is 0.259. The zero-order valence-electron chi connectivity index (χ0n) is 20.0. The van der Waals surface area contributed by atoms with Crippen LogP contribution in [0, 0.1) is 11.6 Å². The second-order valence-electron chi connectivity index (χ2n) is 8.44. The van der Waals surface area contributed by atoms with Gasteiger partial charge in [-0.15, -0.1) is 0 Å².